The summed E-state index contributed by atoms with van der Waals surface area (Å²) < 4.78 is 20.1. The number of carbonyl (C=O) groups excluding carboxylic acids is 3. The number of ether oxygens (including phenoxy) is 1. The van der Waals surface area contributed by atoms with Gasteiger partial charge in [0.1, 0.15) is 30.6 Å². The minimum Gasteiger partial charge on any atom is -0.366 e. The molecule has 4 heterocycles. The van der Waals surface area contributed by atoms with Crippen molar-refractivity contribution in [3.63, 3.8) is 0 Å². The molecule has 2 saturated heterocycles. The molecule has 11 heteroatoms. The number of nitrogens with one attached hydrogen (secondary N) is 1. The summed E-state index contributed by atoms with van der Waals surface area (Å²) in [5.41, 5.74) is 0.521. The number of likely N-dealkylation sites (tertiary alicyclic amines) is 1. The van der Waals surface area contributed by atoms with Crippen molar-refractivity contribution in [2.75, 3.05) is 13.2 Å². The second-order valence-corrected chi connectivity index (χ2v) is 10.6. The summed E-state index contributed by atoms with van der Waals surface area (Å²) in [4.78, 5) is 41.2. The van der Waals surface area contributed by atoms with Crippen molar-refractivity contribution in [2.45, 2.75) is 55.7 Å². The highest BCUT2D eigenvalue weighted by Gasteiger charge is 2.53. The van der Waals surface area contributed by atoms with E-state index < -0.39 is 35.3 Å². The van der Waals surface area contributed by atoms with Gasteiger partial charge in [0.25, 0.3) is 5.91 Å². The van der Waals surface area contributed by atoms with Crippen LogP contribution in [0, 0.1) is 11.7 Å². The van der Waals surface area contributed by atoms with Crippen molar-refractivity contribution in [3.8, 4) is 10.4 Å². The summed E-state index contributed by atoms with van der Waals surface area (Å²) in [7, 11) is 0. The molecule has 4 atom stereocenters. The Morgan fingerprint density at radius 2 is 2.06 bits per heavy atom. The zero-order chi connectivity index (χ0) is 23.8. The fraction of sp³-hybridized carbons (Fsp3) is 0.522. The predicted octanol–water partition coefficient (Wildman–Crippen LogP) is 2.81. The smallest absolute Gasteiger partial charge is 0.262 e. The molecule has 0 spiro atoms. The van der Waals surface area contributed by atoms with Crippen LogP contribution in [0.15, 0.2) is 24.5 Å². The Hall–Kier alpha value is -2.43. The molecule has 0 aromatic carbocycles. The molecule has 2 aromatic heterocycles. The predicted molar refractivity (Wildman–Crippen MR) is 123 cm³/mol. The second-order valence-electron chi connectivity index (χ2n) is 8.96. The third kappa shape index (κ3) is 4.34. The van der Waals surface area contributed by atoms with Crippen molar-refractivity contribution >= 4 is 40.5 Å². The maximum absolute atomic E-state index is 14.6. The van der Waals surface area contributed by atoms with Crippen LogP contribution in [0.2, 0.25) is 0 Å². The number of nitrogens with zero attached hydrogens (tertiary/aromatic N) is 3. The molecule has 2 aromatic rings. The number of hydrogen-bond donors (Lipinski definition) is 1. The van der Waals surface area contributed by atoms with E-state index in [0.29, 0.717) is 5.56 Å². The fourth-order valence-electron chi connectivity index (χ4n) is 5.17. The third-order valence-electron chi connectivity index (χ3n) is 6.84. The van der Waals surface area contributed by atoms with E-state index in [1.165, 1.54) is 23.4 Å². The minimum absolute atomic E-state index is 0.0656. The highest BCUT2D eigenvalue weighted by molar-refractivity contribution is 7.17. The number of fused-ring (bicyclic) bond motifs is 1. The van der Waals surface area contributed by atoms with Crippen molar-refractivity contribution < 1.29 is 23.5 Å². The number of rotatable bonds is 5. The van der Waals surface area contributed by atoms with Crippen LogP contribution in [0.5, 0.6) is 0 Å². The molecule has 3 aliphatic rings. The van der Waals surface area contributed by atoms with Crippen LogP contribution < -0.4 is 5.32 Å². The normalized spacial score (nSPS) is 25.9. The first-order valence-corrected chi connectivity index (χ1v) is 12.7. The molecule has 5 rings (SSSR count). The first kappa shape index (κ1) is 23.3. The molecule has 34 heavy (non-hydrogen) atoms. The van der Waals surface area contributed by atoms with Gasteiger partial charge in [0, 0.05) is 12.1 Å². The lowest BCUT2D eigenvalue weighted by Gasteiger charge is -2.34. The van der Waals surface area contributed by atoms with E-state index in [-0.39, 0.29) is 40.5 Å². The largest absolute Gasteiger partial charge is 0.366 e. The summed E-state index contributed by atoms with van der Waals surface area (Å²) in [6.07, 6.45) is 6.94. The topological polar surface area (TPSA) is 101 Å². The van der Waals surface area contributed by atoms with E-state index >= 15 is 0 Å². The molecule has 2 amide bonds. The lowest BCUT2D eigenvalue weighted by molar-refractivity contribution is -0.139. The van der Waals surface area contributed by atoms with Crippen LogP contribution in [0.25, 0.3) is 10.4 Å². The Bertz CT molecular complexity index is 1090. The number of hydrogen-bond acceptors (Lipinski definition) is 7. The Morgan fingerprint density at radius 3 is 2.79 bits per heavy atom. The number of Topliss-reactive ketones (excluding diaryl/α,β-unsaturated/α-hetero) is 1. The fourth-order valence-corrected chi connectivity index (χ4v) is 6.45. The van der Waals surface area contributed by atoms with Gasteiger partial charge in [-0.05, 0) is 30.9 Å². The monoisotopic (exact) mass is 506 g/mol. The number of ketones is 1. The molecule has 0 radical (unpaired) electrons. The first-order chi connectivity index (χ1) is 16.4. The molecule has 1 unspecified atom stereocenters. The summed E-state index contributed by atoms with van der Waals surface area (Å²) in [5.74, 6) is -1.62. The van der Waals surface area contributed by atoms with Crippen molar-refractivity contribution in [1.82, 2.24) is 20.4 Å². The lowest BCUT2D eigenvalue weighted by Crippen LogP contribution is -2.55. The lowest BCUT2D eigenvalue weighted by atomic mass is 9.83. The molecule has 8 nitrogen and oxygen atoms in total. The average Bonchev–Trinajstić information content (AvgIpc) is 3.53. The van der Waals surface area contributed by atoms with E-state index in [9.17, 15) is 18.8 Å². The van der Waals surface area contributed by atoms with Crippen molar-refractivity contribution in [1.29, 1.82) is 0 Å². The molecule has 180 valence electrons. The number of carbonyl (C=O) groups is 3. The van der Waals surface area contributed by atoms with E-state index in [4.69, 9.17) is 16.3 Å². The van der Waals surface area contributed by atoms with Crippen LogP contribution in [-0.2, 0) is 14.3 Å². The van der Waals surface area contributed by atoms with Crippen LogP contribution in [-0.4, -0.2) is 69.4 Å². The standard InChI is InChI=1S/C23H24ClFN4O4S/c24-14-10-29(19-16(30)11-33-20(14)19)23(32)18(12-4-2-1-3-5-12)28-22(31)17-8-15(25)21(34-17)13-6-7-26-27-9-13/h6-9,12,14,18-20H,1-5,10-11H2,(H,28,31)/t14-,18?,19+,20+/m0/s1. The second kappa shape index (κ2) is 9.67. The number of alkyl halides is 1. The van der Waals surface area contributed by atoms with Crippen molar-refractivity contribution in [2.24, 2.45) is 5.92 Å². The van der Waals surface area contributed by atoms with Gasteiger partial charge in [-0.15, -0.1) is 22.9 Å². The molecule has 1 aliphatic carbocycles. The molecule has 2 aliphatic heterocycles. The zero-order valence-electron chi connectivity index (χ0n) is 18.3. The Morgan fingerprint density at radius 1 is 1.26 bits per heavy atom. The Labute approximate surface area is 204 Å². The van der Waals surface area contributed by atoms with Gasteiger partial charge in [-0.3, -0.25) is 14.4 Å². The summed E-state index contributed by atoms with van der Waals surface area (Å²) in [5, 5.41) is 9.85. The summed E-state index contributed by atoms with van der Waals surface area (Å²) >= 11 is 7.37. The Balaban J connectivity index is 1.39. The highest BCUT2D eigenvalue weighted by atomic mass is 35.5. The molecular weight excluding hydrogens is 483 g/mol. The first-order valence-electron chi connectivity index (χ1n) is 11.4. The zero-order valence-corrected chi connectivity index (χ0v) is 19.9. The van der Waals surface area contributed by atoms with Gasteiger partial charge in [0.05, 0.1) is 27.5 Å². The van der Waals surface area contributed by atoms with Gasteiger partial charge < -0.3 is 15.0 Å². The minimum atomic E-state index is -0.819. The third-order valence-corrected chi connectivity index (χ3v) is 8.38. The molecule has 1 N–H and O–H groups in total. The van der Waals surface area contributed by atoms with Gasteiger partial charge in [-0.25, -0.2) is 4.39 Å². The maximum atomic E-state index is 14.6. The SMILES string of the molecule is O=C(NC(C(=O)N1C[C@H](Cl)[C@H]2OCC(=O)[C@H]21)C1CCCCC1)c1cc(F)c(-c2ccnnc2)s1. The highest BCUT2D eigenvalue weighted by Crippen LogP contribution is 2.35. The number of halogens is 2. The molecule has 1 saturated carbocycles. The quantitative estimate of drug-likeness (QED) is 0.626. The Kier molecular flexibility index (Phi) is 6.63. The van der Waals surface area contributed by atoms with Crippen molar-refractivity contribution in [3.05, 3.63) is 35.2 Å². The number of thiophene rings is 1. The molecule has 0 bridgehead atoms. The summed E-state index contributed by atoms with van der Waals surface area (Å²) in [6, 6.07) is 1.25. The van der Waals surface area contributed by atoms with E-state index in [1.807, 2.05) is 0 Å². The molecular formula is C23H24ClFN4O4S. The van der Waals surface area contributed by atoms with E-state index in [1.54, 1.807) is 6.07 Å². The van der Waals surface area contributed by atoms with Crippen LogP contribution in [0.4, 0.5) is 4.39 Å². The maximum Gasteiger partial charge on any atom is 0.262 e. The average molecular weight is 507 g/mol. The molecule has 3 fully saturated rings. The van der Waals surface area contributed by atoms with Gasteiger partial charge in [-0.1, -0.05) is 19.3 Å². The number of amides is 2. The van der Waals surface area contributed by atoms with Crippen LogP contribution in [0.3, 0.4) is 0 Å². The van der Waals surface area contributed by atoms with Crippen LogP contribution in [0.1, 0.15) is 41.8 Å². The summed E-state index contributed by atoms with van der Waals surface area (Å²) in [6.45, 7) is 0.122. The van der Waals surface area contributed by atoms with E-state index in [2.05, 4.69) is 15.5 Å². The van der Waals surface area contributed by atoms with Crippen LogP contribution >= 0.6 is 22.9 Å². The number of aromatic nitrogens is 2. The van der Waals surface area contributed by atoms with Gasteiger partial charge in [0.2, 0.25) is 5.91 Å². The van der Waals surface area contributed by atoms with Gasteiger partial charge >= 0.3 is 0 Å². The van der Waals surface area contributed by atoms with E-state index in [0.717, 1.165) is 43.4 Å². The van der Waals surface area contributed by atoms with Gasteiger partial charge in [0.15, 0.2) is 5.78 Å². The van der Waals surface area contributed by atoms with Gasteiger partial charge in [-0.2, -0.15) is 10.2 Å².